The molecule has 4 rings (SSSR count). The number of aryl methyl sites for hydroxylation is 1. The van der Waals surface area contributed by atoms with Gasteiger partial charge in [0.15, 0.2) is 5.82 Å². The predicted molar refractivity (Wildman–Crippen MR) is 89.0 cm³/mol. The van der Waals surface area contributed by atoms with E-state index < -0.39 is 6.10 Å². The van der Waals surface area contributed by atoms with Crippen LogP contribution in [0.4, 0.5) is 0 Å². The van der Waals surface area contributed by atoms with Gasteiger partial charge in [0.1, 0.15) is 5.69 Å². The third-order valence-electron chi connectivity index (χ3n) is 4.30. The van der Waals surface area contributed by atoms with Gasteiger partial charge in [-0.25, -0.2) is 4.98 Å². The molecule has 0 bridgehead atoms. The highest BCUT2D eigenvalue weighted by molar-refractivity contribution is 5.50. The van der Waals surface area contributed by atoms with Crippen molar-refractivity contribution >= 4 is 0 Å². The second-order valence-corrected chi connectivity index (χ2v) is 5.97. The lowest BCUT2D eigenvalue weighted by molar-refractivity contribution is 0.157. The number of aliphatic hydroxyl groups excluding tert-OH is 1. The van der Waals surface area contributed by atoms with Gasteiger partial charge in [-0.15, -0.1) is 0 Å². The van der Waals surface area contributed by atoms with Crippen molar-refractivity contribution in [2.45, 2.75) is 32.2 Å². The van der Waals surface area contributed by atoms with E-state index in [4.69, 9.17) is 5.10 Å². The average Bonchev–Trinajstić information content (AvgIpc) is 3.17. The van der Waals surface area contributed by atoms with Gasteiger partial charge in [-0.1, -0.05) is 0 Å². The maximum absolute atomic E-state index is 10.5. The van der Waals surface area contributed by atoms with E-state index in [1.54, 1.807) is 18.6 Å². The summed E-state index contributed by atoms with van der Waals surface area (Å²) < 4.78 is 3.99. The summed E-state index contributed by atoms with van der Waals surface area (Å²) in [6.07, 6.45) is 7.46. The predicted octanol–water partition coefficient (Wildman–Crippen LogP) is 1.37. The van der Waals surface area contributed by atoms with Crippen LogP contribution in [0.5, 0.6) is 0 Å². The van der Waals surface area contributed by atoms with E-state index in [0.29, 0.717) is 6.54 Å². The molecule has 3 aromatic rings. The fraction of sp³-hybridized carbons (Fsp3) is 0.353. The van der Waals surface area contributed by atoms with Crippen LogP contribution in [0.15, 0.2) is 43.0 Å². The monoisotopic (exact) mass is 324 g/mol. The van der Waals surface area contributed by atoms with Gasteiger partial charge in [0.25, 0.3) is 0 Å². The van der Waals surface area contributed by atoms with Crippen molar-refractivity contribution in [3.8, 4) is 11.5 Å². The third-order valence-corrected chi connectivity index (χ3v) is 4.30. The SMILES string of the molecule is OC(Cn1ccnc1-c1cc2n(n1)CCCNC2)c1ccncc1. The van der Waals surface area contributed by atoms with Gasteiger partial charge >= 0.3 is 0 Å². The normalized spacial score (nSPS) is 15.7. The molecule has 3 aromatic heterocycles. The van der Waals surface area contributed by atoms with Crippen molar-refractivity contribution in [2.75, 3.05) is 6.54 Å². The number of fused-ring (bicyclic) bond motifs is 1. The number of pyridine rings is 1. The molecule has 0 aliphatic carbocycles. The molecule has 124 valence electrons. The van der Waals surface area contributed by atoms with Crippen molar-refractivity contribution in [1.82, 2.24) is 29.6 Å². The minimum absolute atomic E-state index is 0.430. The zero-order valence-electron chi connectivity index (χ0n) is 13.3. The maximum Gasteiger partial charge on any atom is 0.160 e. The van der Waals surface area contributed by atoms with Crippen LogP contribution in [-0.4, -0.2) is 36.0 Å². The summed E-state index contributed by atoms with van der Waals surface area (Å²) >= 11 is 0. The van der Waals surface area contributed by atoms with Crippen molar-refractivity contribution in [3.63, 3.8) is 0 Å². The molecule has 0 amide bonds. The Hall–Kier alpha value is -2.51. The van der Waals surface area contributed by atoms with Crippen molar-refractivity contribution in [3.05, 3.63) is 54.2 Å². The molecule has 0 fully saturated rings. The van der Waals surface area contributed by atoms with Crippen molar-refractivity contribution in [1.29, 1.82) is 0 Å². The molecular weight excluding hydrogens is 304 g/mol. The number of nitrogens with one attached hydrogen (secondary N) is 1. The van der Waals surface area contributed by atoms with E-state index in [2.05, 4.69) is 21.4 Å². The summed E-state index contributed by atoms with van der Waals surface area (Å²) in [5, 5.41) is 18.5. The van der Waals surface area contributed by atoms with Gasteiger partial charge in [0.05, 0.1) is 18.3 Å². The summed E-state index contributed by atoms with van der Waals surface area (Å²) in [5.41, 5.74) is 2.86. The van der Waals surface area contributed by atoms with Gasteiger partial charge < -0.3 is 15.0 Å². The lowest BCUT2D eigenvalue weighted by atomic mass is 10.1. The highest BCUT2D eigenvalue weighted by Gasteiger charge is 2.17. The first-order valence-corrected chi connectivity index (χ1v) is 8.18. The summed E-state index contributed by atoms with van der Waals surface area (Å²) in [7, 11) is 0. The van der Waals surface area contributed by atoms with E-state index in [0.717, 1.165) is 43.1 Å². The quantitative estimate of drug-likeness (QED) is 0.757. The molecule has 4 heterocycles. The second kappa shape index (κ2) is 6.54. The van der Waals surface area contributed by atoms with Crippen molar-refractivity contribution in [2.24, 2.45) is 0 Å². The molecule has 7 nitrogen and oxygen atoms in total. The Labute approximate surface area is 140 Å². The highest BCUT2D eigenvalue weighted by Crippen LogP contribution is 2.22. The van der Waals surface area contributed by atoms with E-state index in [9.17, 15) is 5.11 Å². The number of aliphatic hydroxyl groups is 1. The highest BCUT2D eigenvalue weighted by atomic mass is 16.3. The summed E-state index contributed by atoms with van der Waals surface area (Å²) in [4.78, 5) is 8.43. The Morgan fingerprint density at radius 2 is 2.12 bits per heavy atom. The van der Waals surface area contributed by atoms with Crippen LogP contribution >= 0.6 is 0 Å². The van der Waals surface area contributed by atoms with Gasteiger partial charge in [0.2, 0.25) is 0 Å². The molecule has 0 saturated carbocycles. The molecule has 0 aromatic carbocycles. The zero-order chi connectivity index (χ0) is 16.4. The standard InChI is InChI=1S/C17H20N6O/c24-16(13-2-5-18-6-3-13)12-22-9-7-20-17(22)15-10-14-11-19-4-1-8-23(14)21-15/h2-3,5-7,9-10,16,19,24H,1,4,8,11-12H2. The zero-order valence-corrected chi connectivity index (χ0v) is 13.3. The minimum Gasteiger partial charge on any atom is -0.387 e. The Kier molecular flexibility index (Phi) is 4.10. The number of hydrogen-bond acceptors (Lipinski definition) is 5. The van der Waals surface area contributed by atoms with Crippen LogP contribution in [0, 0.1) is 0 Å². The van der Waals surface area contributed by atoms with E-state index in [-0.39, 0.29) is 0 Å². The van der Waals surface area contributed by atoms with Crippen molar-refractivity contribution < 1.29 is 5.11 Å². The molecule has 1 aliphatic rings. The summed E-state index contributed by atoms with van der Waals surface area (Å²) in [6, 6.07) is 5.73. The largest absolute Gasteiger partial charge is 0.387 e. The van der Waals surface area contributed by atoms with Crippen LogP contribution in [0.1, 0.15) is 23.8 Å². The first kappa shape index (κ1) is 15.0. The minimum atomic E-state index is -0.608. The fourth-order valence-electron chi connectivity index (χ4n) is 3.04. The molecule has 0 saturated heterocycles. The molecular formula is C17H20N6O. The number of hydrogen-bond donors (Lipinski definition) is 2. The molecule has 1 aliphatic heterocycles. The van der Waals surface area contributed by atoms with Crippen LogP contribution in [-0.2, 0) is 19.6 Å². The van der Waals surface area contributed by atoms with Gasteiger partial charge in [-0.05, 0) is 36.7 Å². The Morgan fingerprint density at radius 1 is 1.25 bits per heavy atom. The summed E-state index contributed by atoms with van der Waals surface area (Å²) in [5.74, 6) is 0.781. The molecule has 2 N–H and O–H groups in total. The third kappa shape index (κ3) is 2.95. The fourth-order valence-corrected chi connectivity index (χ4v) is 3.04. The second-order valence-electron chi connectivity index (χ2n) is 5.97. The topological polar surface area (TPSA) is 80.8 Å². The maximum atomic E-state index is 10.5. The van der Waals surface area contributed by atoms with Crippen LogP contribution in [0.2, 0.25) is 0 Å². The molecule has 7 heteroatoms. The van der Waals surface area contributed by atoms with Gasteiger partial charge in [0, 0.05) is 37.9 Å². The Balaban J connectivity index is 1.59. The van der Waals surface area contributed by atoms with Crippen LogP contribution in [0.3, 0.4) is 0 Å². The van der Waals surface area contributed by atoms with Gasteiger partial charge in [-0.3, -0.25) is 9.67 Å². The molecule has 0 spiro atoms. The van der Waals surface area contributed by atoms with Crippen LogP contribution < -0.4 is 5.32 Å². The van der Waals surface area contributed by atoms with E-state index in [1.807, 2.05) is 27.6 Å². The van der Waals surface area contributed by atoms with E-state index in [1.165, 1.54) is 5.69 Å². The first-order chi connectivity index (χ1) is 11.8. The number of rotatable bonds is 4. The smallest absolute Gasteiger partial charge is 0.160 e. The molecule has 0 radical (unpaired) electrons. The molecule has 1 unspecified atom stereocenters. The lowest BCUT2D eigenvalue weighted by Gasteiger charge is -2.13. The lowest BCUT2D eigenvalue weighted by Crippen LogP contribution is -2.11. The number of imidazole rings is 1. The summed E-state index contributed by atoms with van der Waals surface area (Å²) in [6.45, 7) is 3.20. The number of nitrogens with zero attached hydrogens (tertiary/aromatic N) is 5. The van der Waals surface area contributed by atoms with E-state index >= 15 is 0 Å². The van der Waals surface area contributed by atoms with Gasteiger partial charge in [-0.2, -0.15) is 5.10 Å². The molecule has 24 heavy (non-hydrogen) atoms. The average molecular weight is 324 g/mol. The number of aromatic nitrogens is 5. The molecule has 1 atom stereocenters. The Bertz CT molecular complexity index is 786. The first-order valence-electron chi connectivity index (χ1n) is 8.18. The Morgan fingerprint density at radius 3 is 3.00 bits per heavy atom. The van der Waals surface area contributed by atoms with Crippen LogP contribution in [0.25, 0.3) is 11.5 Å².